The van der Waals surface area contributed by atoms with Gasteiger partial charge in [-0.25, -0.2) is 4.79 Å². The number of hydrogen-bond donors (Lipinski definition) is 2. The van der Waals surface area contributed by atoms with E-state index in [0.29, 0.717) is 11.8 Å². The largest absolute Gasteiger partial charge is 0.467 e. The highest BCUT2D eigenvalue weighted by atomic mass is 16.5. The molecule has 0 saturated carbocycles. The number of amides is 3. The molecule has 2 saturated heterocycles. The first kappa shape index (κ1) is 19.9. The quantitative estimate of drug-likeness (QED) is 0.773. The van der Waals surface area contributed by atoms with Crippen LogP contribution in [0, 0.1) is 0 Å². The van der Waals surface area contributed by atoms with Gasteiger partial charge in [-0.05, 0) is 45.4 Å². The van der Waals surface area contributed by atoms with Gasteiger partial charge >= 0.3 is 6.03 Å². The second kappa shape index (κ2) is 9.34. The summed E-state index contributed by atoms with van der Waals surface area (Å²) < 4.78 is 10.9. The van der Waals surface area contributed by atoms with Gasteiger partial charge in [-0.3, -0.25) is 19.9 Å². The van der Waals surface area contributed by atoms with Gasteiger partial charge in [-0.15, -0.1) is 0 Å². The summed E-state index contributed by atoms with van der Waals surface area (Å²) in [4.78, 5) is 28.7. The van der Waals surface area contributed by atoms with Crippen LogP contribution in [0.25, 0.3) is 0 Å². The molecular formula is C19H30N4O4. The molecule has 150 valence electrons. The van der Waals surface area contributed by atoms with Crippen LogP contribution in [0.4, 0.5) is 4.79 Å². The molecular weight excluding hydrogens is 348 g/mol. The number of ether oxygens (including phenoxy) is 1. The number of nitrogens with zero attached hydrogens (tertiary/aromatic N) is 2. The third-order valence-electron chi connectivity index (χ3n) is 5.07. The van der Waals surface area contributed by atoms with Gasteiger partial charge in [-0.2, -0.15) is 0 Å². The Morgan fingerprint density at radius 1 is 1.26 bits per heavy atom. The molecule has 3 rings (SSSR count). The minimum atomic E-state index is -0.497. The maximum absolute atomic E-state index is 12.2. The molecule has 3 heterocycles. The van der Waals surface area contributed by atoms with E-state index in [4.69, 9.17) is 9.15 Å². The van der Waals surface area contributed by atoms with Gasteiger partial charge in [0.05, 0.1) is 31.6 Å². The molecule has 0 unspecified atom stereocenters. The molecule has 3 atom stereocenters. The van der Waals surface area contributed by atoms with Gasteiger partial charge in [0.15, 0.2) is 0 Å². The van der Waals surface area contributed by atoms with Crippen LogP contribution in [0.2, 0.25) is 0 Å². The molecule has 0 radical (unpaired) electrons. The Bertz CT molecular complexity index is 611. The number of imide groups is 1. The average molecular weight is 378 g/mol. The topological polar surface area (TPSA) is 87.0 Å². The minimum absolute atomic E-state index is 0.241. The lowest BCUT2D eigenvalue weighted by Crippen LogP contribution is -2.51. The number of carbonyl (C=O) groups excluding carboxylic acids is 2. The zero-order chi connectivity index (χ0) is 19.2. The number of likely N-dealkylation sites (tertiary alicyclic amines) is 1. The fraction of sp³-hybridized carbons (Fsp3) is 0.684. The molecule has 0 bridgehead atoms. The third-order valence-corrected chi connectivity index (χ3v) is 5.07. The van der Waals surface area contributed by atoms with E-state index in [-0.39, 0.29) is 31.2 Å². The monoisotopic (exact) mass is 378 g/mol. The van der Waals surface area contributed by atoms with Crippen LogP contribution in [0.1, 0.15) is 32.4 Å². The molecule has 2 N–H and O–H groups in total. The van der Waals surface area contributed by atoms with Crippen LogP contribution in [0.5, 0.6) is 0 Å². The first-order valence-electron chi connectivity index (χ1n) is 9.71. The van der Waals surface area contributed by atoms with Crippen molar-refractivity contribution >= 4 is 11.9 Å². The lowest BCUT2D eigenvalue weighted by Gasteiger charge is -2.38. The number of rotatable bonds is 6. The molecule has 2 fully saturated rings. The second-order valence-electron chi connectivity index (χ2n) is 7.55. The standard InChI is InChI=1S/C19H30N4O4/c1-14-10-22(11-15(2)27-14)12-16-5-3-7-23(16)13-18(24)21-19(25)20-9-17-6-4-8-26-17/h4,6,8,14-16H,3,5,7,9-13H2,1-2H3,(H2,20,21,24,25)/t14-,15-,16+/m1/s1. The Hall–Kier alpha value is -1.90. The molecule has 0 aliphatic carbocycles. The van der Waals surface area contributed by atoms with Crippen molar-refractivity contribution in [3.05, 3.63) is 24.2 Å². The lowest BCUT2D eigenvalue weighted by molar-refractivity contribution is -0.121. The molecule has 27 heavy (non-hydrogen) atoms. The maximum atomic E-state index is 12.2. The molecule has 3 amide bonds. The van der Waals surface area contributed by atoms with E-state index in [1.807, 2.05) is 0 Å². The zero-order valence-electron chi connectivity index (χ0n) is 16.1. The number of carbonyl (C=O) groups is 2. The molecule has 1 aromatic heterocycles. The molecule has 0 spiro atoms. The van der Waals surface area contributed by atoms with Gasteiger partial charge in [0.1, 0.15) is 5.76 Å². The van der Waals surface area contributed by atoms with E-state index in [1.165, 1.54) is 0 Å². The zero-order valence-corrected chi connectivity index (χ0v) is 16.1. The van der Waals surface area contributed by atoms with E-state index < -0.39 is 6.03 Å². The van der Waals surface area contributed by atoms with Crippen LogP contribution in [-0.4, -0.2) is 72.7 Å². The second-order valence-corrected chi connectivity index (χ2v) is 7.55. The van der Waals surface area contributed by atoms with E-state index >= 15 is 0 Å². The summed E-state index contributed by atoms with van der Waals surface area (Å²) in [6.07, 6.45) is 4.19. The summed E-state index contributed by atoms with van der Waals surface area (Å²) in [5.74, 6) is 0.369. The molecule has 8 nitrogen and oxygen atoms in total. The maximum Gasteiger partial charge on any atom is 0.321 e. The summed E-state index contributed by atoms with van der Waals surface area (Å²) in [6.45, 7) is 8.39. The van der Waals surface area contributed by atoms with Crippen molar-refractivity contribution in [2.75, 3.05) is 32.7 Å². The van der Waals surface area contributed by atoms with Crippen LogP contribution in [0.15, 0.2) is 22.8 Å². The number of hydrogen-bond acceptors (Lipinski definition) is 6. The number of furan rings is 1. The van der Waals surface area contributed by atoms with Crippen molar-refractivity contribution in [2.45, 2.75) is 51.5 Å². The number of nitrogens with one attached hydrogen (secondary N) is 2. The van der Waals surface area contributed by atoms with Crippen LogP contribution in [0.3, 0.4) is 0 Å². The summed E-state index contributed by atoms with van der Waals surface area (Å²) in [5, 5.41) is 5.02. The van der Waals surface area contributed by atoms with Crippen LogP contribution in [-0.2, 0) is 16.1 Å². The van der Waals surface area contributed by atoms with Gasteiger partial charge in [0.2, 0.25) is 5.91 Å². The summed E-state index contributed by atoms with van der Waals surface area (Å²) in [5.41, 5.74) is 0. The Morgan fingerprint density at radius 2 is 2.04 bits per heavy atom. The smallest absolute Gasteiger partial charge is 0.321 e. The van der Waals surface area contributed by atoms with Crippen LogP contribution < -0.4 is 10.6 Å². The third kappa shape index (κ3) is 6.05. The number of morpholine rings is 1. The lowest BCUT2D eigenvalue weighted by atomic mass is 10.1. The average Bonchev–Trinajstić information content (AvgIpc) is 3.24. The normalized spacial score (nSPS) is 26.8. The van der Waals surface area contributed by atoms with Gasteiger partial charge in [-0.1, -0.05) is 0 Å². The molecule has 2 aliphatic heterocycles. The fourth-order valence-corrected chi connectivity index (χ4v) is 4.02. The van der Waals surface area contributed by atoms with Crippen molar-refractivity contribution < 1.29 is 18.7 Å². The first-order chi connectivity index (χ1) is 13.0. The fourth-order valence-electron chi connectivity index (χ4n) is 4.02. The van der Waals surface area contributed by atoms with Crippen molar-refractivity contribution in [3.63, 3.8) is 0 Å². The Balaban J connectivity index is 1.41. The van der Waals surface area contributed by atoms with Crippen molar-refractivity contribution in [1.82, 2.24) is 20.4 Å². The summed E-state index contributed by atoms with van der Waals surface area (Å²) in [6, 6.07) is 3.37. The van der Waals surface area contributed by atoms with E-state index in [1.54, 1.807) is 18.4 Å². The summed E-state index contributed by atoms with van der Waals surface area (Å²) >= 11 is 0. The van der Waals surface area contributed by atoms with Crippen molar-refractivity contribution in [2.24, 2.45) is 0 Å². The Morgan fingerprint density at radius 3 is 2.74 bits per heavy atom. The van der Waals surface area contributed by atoms with Crippen molar-refractivity contribution in [1.29, 1.82) is 0 Å². The summed E-state index contributed by atoms with van der Waals surface area (Å²) in [7, 11) is 0. The predicted octanol–water partition coefficient (Wildman–Crippen LogP) is 1.18. The molecule has 0 aromatic carbocycles. The minimum Gasteiger partial charge on any atom is -0.467 e. The van der Waals surface area contributed by atoms with Crippen LogP contribution >= 0.6 is 0 Å². The molecule has 8 heteroatoms. The van der Waals surface area contributed by atoms with Gasteiger partial charge < -0.3 is 14.5 Å². The van der Waals surface area contributed by atoms with Gasteiger partial charge in [0, 0.05) is 25.7 Å². The highest BCUT2D eigenvalue weighted by molar-refractivity contribution is 5.95. The van der Waals surface area contributed by atoms with E-state index in [9.17, 15) is 9.59 Å². The highest BCUT2D eigenvalue weighted by Gasteiger charge is 2.31. The molecule has 1 aromatic rings. The predicted molar refractivity (Wildman–Crippen MR) is 100 cm³/mol. The van der Waals surface area contributed by atoms with E-state index in [0.717, 1.165) is 39.0 Å². The van der Waals surface area contributed by atoms with Gasteiger partial charge in [0.25, 0.3) is 0 Å². The highest BCUT2D eigenvalue weighted by Crippen LogP contribution is 2.20. The van der Waals surface area contributed by atoms with Crippen molar-refractivity contribution in [3.8, 4) is 0 Å². The Labute approximate surface area is 160 Å². The molecule has 2 aliphatic rings. The number of urea groups is 1. The first-order valence-corrected chi connectivity index (χ1v) is 9.71. The SMILES string of the molecule is C[C@@H]1CN(C[C@@H]2CCCN2CC(=O)NC(=O)NCc2ccco2)C[C@@H](C)O1. The van der Waals surface area contributed by atoms with E-state index in [2.05, 4.69) is 34.3 Å². The Kier molecular flexibility index (Phi) is 6.87.